The standard InChI is InChI=1S/C20H25ClN4O4/c1-13-10-16(21)4-5-17(13)28-15(3)20(27)25-8-6-24(7-9-25)12-19(26)22-18-11-14(2)29-23-18/h4-5,10-11,15H,6-9,12H2,1-3H3,(H,22,23,26). The molecule has 1 fully saturated rings. The molecule has 2 amide bonds. The molecule has 0 radical (unpaired) electrons. The lowest BCUT2D eigenvalue weighted by molar-refractivity contribution is -0.139. The van der Waals surface area contributed by atoms with Crippen LogP contribution in [0.25, 0.3) is 0 Å². The molecule has 8 nitrogen and oxygen atoms in total. The summed E-state index contributed by atoms with van der Waals surface area (Å²) in [6, 6.07) is 6.98. The second-order valence-corrected chi connectivity index (χ2v) is 7.58. The number of aromatic nitrogens is 1. The Morgan fingerprint density at radius 2 is 1.97 bits per heavy atom. The number of hydrogen-bond donors (Lipinski definition) is 1. The molecule has 1 N–H and O–H groups in total. The fourth-order valence-corrected chi connectivity index (χ4v) is 3.41. The lowest BCUT2D eigenvalue weighted by atomic mass is 10.2. The zero-order valence-corrected chi connectivity index (χ0v) is 17.5. The molecule has 1 saturated heterocycles. The van der Waals surface area contributed by atoms with E-state index in [1.165, 1.54) is 0 Å². The number of carbonyl (C=O) groups excluding carboxylic acids is 2. The third-order valence-corrected chi connectivity index (χ3v) is 4.97. The van der Waals surface area contributed by atoms with Crippen molar-refractivity contribution in [2.24, 2.45) is 0 Å². The quantitative estimate of drug-likeness (QED) is 0.772. The van der Waals surface area contributed by atoms with Gasteiger partial charge in [0.05, 0.1) is 6.54 Å². The Balaban J connectivity index is 1.45. The molecule has 9 heteroatoms. The van der Waals surface area contributed by atoms with Crippen LogP contribution < -0.4 is 10.1 Å². The summed E-state index contributed by atoms with van der Waals surface area (Å²) < 4.78 is 10.8. The molecule has 0 bridgehead atoms. The third-order valence-electron chi connectivity index (χ3n) is 4.74. The Bertz CT molecular complexity index is 877. The summed E-state index contributed by atoms with van der Waals surface area (Å²) in [4.78, 5) is 28.6. The van der Waals surface area contributed by atoms with E-state index in [9.17, 15) is 9.59 Å². The smallest absolute Gasteiger partial charge is 0.263 e. The topological polar surface area (TPSA) is 87.9 Å². The van der Waals surface area contributed by atoms with Crippen LogP contribution in [0.3, 0.4) is 0 Å². The zero-order valence-electron chi connectivity index (χ0n) is 16.8. The molecule has 1 atom stereocenters. The minimum atomic E-state index is -0.597. The minimum Gasteiger partial charge on any atom is -0.481 e. The Labute approximate surface area is 174 Å². The normalized spacial score (nSPS) is 15.8. The van der Waals surface area contributed by atoms with Gasteiger partial charge in [0.1, 0.15) is 11.5 Å². The number of nitrogens with one attached hydrogen (secondary N) is 1. The van der Waals surface area contributed by atoms with Crippen molar-refractivity contribution in [2.75, 3.05) is 38.0 Å². The van der Waals surface area contributed by atoms with Crippen molar-refractivity contribution in [3.05, 3.63) is 40.6 Å². The highest BCUT2D eigenvalue weighted by molar-refractivity contribution is 6.30. The predicted molar refractivity (Wildman–Crippen MR) is 109 cm³/mol. The Hall–Kier alpha value is -2.58. The first-order chi connectivity index (χ1) is 13.8. The molecule has 2 aromatic rings. The van der Waals surface area contributed by atoms with Gasteiger partial charge in [-0.25, -0.2) is 0 Å². The molecule has 0 saturated carbocycles. The Morgan fingerprint density at radius 1 is 1.24 bits per heavy atom. The van der Waals surface area contributed by atoms with Gasteiger partial charge in [0.25, 0.3) is 5.91 Å². The lowest BCUT2D eigenvalue weighted by Crippen LogP contribution is -2.53. The lowest BCUT2D eigenvalue weighted by Gasteiger charge is -2.35. The van der Waals surface area contributed by atoms with E-state index in [0.29, 0.717) is 48.5 Å². The first-order valence-electron chi connectivity index (χ1n) is 9.49. The molecule has 1 aliphatic rings. The third kappa shape index (κ3) is 5.71. The van der Waals surface area contributed by atoms with Crippen LogP contribution in [0, 0.1) is 13.8 Å². The molecule has 29 heavy (non-hydrogen) atoms. The second kappa shape index (κ2) is 9.28. The van der Waals surface area contributed by atoms with Gasteiger partial charge in [0, 0.05) is 37.3 Å². The number of halogens is 1. The van der Waals surface area contributed by atoms with E-state index in [1.54, 1.807) is 43.0 Å². The summed E-state index contributed by atoms with van der Waals surface area (Å²) in [5.41, 5.74) is 0.885. The van der Waals surface area contributed by atoms with Gasteiger partial charge in [0.2, 0.25) is 5.91 Å². The average Bonchev–Trinajstić information content (AvgIpc) is 3.08. The van der Waals surface area contributed by atoms with Crippen molar-refractivity contribution in [1.82, 2.24) is 15.0 Å². The zero-order chi connectivity index (χ0) is 21.0. The van der Waals surface area contributed by atoms with Crippen LogP contribution in [-0.4, -0.2) is 65.6 Å². The van der Waals surface area contributed by atoms with Gasteiger partial charge >= 0.3 is 0 Å². The maximum absolute atomic E-state index is 12.7. The van der Waals surface area contributed by atoms with Crippen LogP contribution in [0.2, 0.25) is 5.02 Å². The highest BCUT2D eigenvalue weighted by Gasteiger charge is 2.27. The summed E-state index contributed by atoms with van der Waals surface area (Å²) in [5, 5.41) is 7.08. The van der Waals surface area contributed by atoms with Crippen molar-refractivity contribution < 1.29 is 18.8 Å². The number of hydrogen-bond acceptors (Lipinski definition) is 6. The van der Waals surface area contributed by atoms with Crippen molar-refractivity contribution in [2.45, 2.75) is 26.9 Å². The van der Waals surface area contributed by atoms with Crippen LogP contribution >= 0.6 is 11.6 Å². The largest absolute Gasteiger partial charge is 0.481 e. The molecule has 1 aliphatic heterocycles. The first kappa shape index (κ1) is 21.1. The van der Waals surface area contributed by atoms with Crippen molar-refractivity contribution >= 4 is 29.2 Å². The Kier molecular flexibility index (Phi) is 6.76. The molecule has 0 spiro atoms. The summed E-state index contributed by atoms with van der Waals surface area (Å²) in [6.07, 6.45) is -0.597. The summed E-state index contributed by atoms with van der Waals surface area (Å²) in [7, 11) is 0. The number of rotatable bonds is 6. The second-order valence-electron chi connectivity index (χ2n) is 7.14. The molecule has 1 aromatic carbocycles. The van der Waals surface area contributed by atoms with Crippen LogP contribution in [0.1, 0.15) is 18.2 Å². The van der Waals surface area contributed by atoms with Crippen LogP contribution in [-0.2, 0) is 9.59 Å². The maximum atomic E-state index is 12.7. The van der Waals surface area contributed by atoms with Crippen molar-refractivity contribution in [1.29, 1.82) is 0 Å². The van der Waals surface area contributed by atoms with Crippen LogP contribution in [0.5, 0.6) is 5.75 Å². The van der Waals surface area contributed by atoms with E-state index < -0.39 is 6.10 Å². The maximum Gasteiger partial charge on any atom is 0.263 e. The van der Waals surface area contributed by atoms with Gasteiger partial charge in [-0.3, -0.25) is 14.5 Å². The summed E-state index contributed by atoms with van der Waals surface area (Å²) >= 11 is 5.96. The molecule has 2 heterocycles. The van der Waals surface area contributed by atoms with Crippen molar-refractivity contribution in [3.8, 4) is 5.75 Å². The number of aryl methyl sites for hydroxylation is 2. The number of piperazine rings is 1. The van der Waals surface area contributed by atoms with E-state index in [0.717, 1.165) is 5.56 Å². The minimum absolute atomic E-state index is 0.0680. The van der Waals surface area contributed by atoms with E-state index in [-0.39, 0.29) is 18.4 Å². The van der Waals surface area contributed by atoms with Gasteiger partial charge in [-0.2, -0.15) is 0 Å². The molecule has 1 aromatic heterocycles. The van der Waals surface area contributed by atoms with E-state index in [1.807, 2.05) is 11.8 Å². The fraction of sp³-hybridized carbons (Fsp3) is 0.450. The van der Waals surface area contributed by atoms with Gasteiger partial charge in [-0.05, 0) is 44.5 Å². The number of anilines is 1. The molecular weight excluding hydrogens is 396 g/mol. The molecular formula is C20H25ClN4O4. The highest BCUT2D eigenvalue weighted by atomic mass is 35.5. The van der Waals surface area contributed by atoms with Gasteiger partial charge in [-0.1, -0.05) is 16.8 Å². The van der Waals surface area contributed by atoms with Crippen LogP contribution in [0.4, 0.5) is 5.82 Å². The number of benzene rings is 1. The van der Waals surface area contributed by atoms with Crippen molar-refractivity contribution in [3.63, 3.8) is 0 Å². The van der Waals surface area contributed by atoms with E-state index >= 15 is 0 Å². The Morgan fingerprint density at radius 3 is 2.59 bits per heavy atom. The summed E-state index contributed by atoms with van der Waals surface area (Å²) in [6.45, 7) is 7.96. The van der Waals surface area contributed by atoms with E-state index in [2.05, 4.69) is 10.5 Å². The van der Waals surface area contributed by atoms with Gasteiger partial charge < -0.3 is 19.5 Å². The van der Waals surface area contributed by atoms with Gasteiger partial charge in [-0.15, -0.1) is 0 Å². The fourth-order valence-electron chi connectivity index (χ4n) is 3.18. The molecule has 3 rings (SSSR count). The SMILES string of the molecule is Cc1cc(NC(=O)CN2CCN(C(=O)C(C)Oc3ccc(Cl)cc3C)CC2)no1. The summed E-state index contributed by atoms with van der Waals surface area (Å²) in [5.74, 6) is 1.46. The molecule has 1 unspecified atom stereocenters. The predicted octanol–water partition coefficient (Wildman–Crippen LogP) is 2.50. The van der Waals surface area contributed by atoms with Crippen LogP contribution in [0.15, 0.2) is 28.8 Å². The average molecular weight is 421 g/mol. The van der Waals surface area contributed by atoms with Gasteiger partial charge in [0.15, 0.2) is 11.9 Å². The monoisotopic (exact) mass is 420 g/mol. The number of amides is 2. The number of nitrogens with zero attached hydrogens (tertiary/aromatic N) is 3. The number of carbonyl (C=O) groups is 2. The molecule has 0 aliphatic carbocycles. The highest BCUT2D eigenvalue weighted by Crippen LogP contribution is 2.23. The number of ether oxygens (including phenoxy) is 1. The molecule has 156 valence electrons. The van der Waals surface area contributed by atoms with E-state index in [4.69, 9.17) is 20.9 Å². The first-order valence-corrected chi connectivity index (χ1v) is 9.87.